The molecule has 3 aromatic rings. The highest BCUT2D eigenvalue weighted by molar-refractivity contribution is 7.92. The van der Waals surface area contributed by atoms with Crippen LogP contribution in [0.3, 0.4) is 0 Å². The first-order valence-corrected chi connectivity index (χ1v) is 15.1. The maximum Gasteiger partial charge on any atom is 0.416 e. The normalized spacial score (nSPS) is 16.9. The second kappa shape index (κ2) is 11.0. The first-order chi connectivity index (χ1) is 18.6. The summed E-state index contributed by atoms with van der Waals surface area (Å²) in [6, 6.07) is 8.83. The smallest absolute Gasteiger partial charge is 0.343 e. The minimum absolute atomic E-state index is 0.00194. The van der Waals surface area contributed by atoms with E-state index in [0.29, 0.717) is 17.5 Å². The molecule has 1 fully saturated rings. The van der Waals surface area contributed by atoms with Gasteiger partial charge >= 0.3 is 6.18 Å². The number of hydrogen-bond donors (Lipinski definition) is 1. The van der Waals surface area contributed by atoms with E-state index in [1.54, 1.807) is 0 Å². The molecule has 40 heavy (non-hydrogen) atoms. The summed E-state index contributed by atoms with van der Waals surface area (Å²) in [5, 5.41) is 5.45. The number of alkyl halides is 3. The zero-order valence-electron chi connectivity index (χ0n) is 21.7. The van der Waals surface area contributed by atoms with Crippen LogP contribution in [0.5, 0.6) is 0 Å². The standard InChI is InChI=1S/C25H28F3N5O5S2/c1-4-39(35,36)29-14-18-11-12-32(15-18)40(37,38)20-9-10-22-21(13-20)23(24(34)31(2)3)30-33(22)16-17-5-7-19(8-6-17)25(26,27)28/h4-10,13,18,29H,1,11-12,14-16H2,2-3H3/t18-/m1/s1. The van der Waals surface area contributed by atoms with Crippen LogP contribution in [-0.4, -0.2) is 75.5 Å². The van der Waals surface area contributed by atoms with Gasteiger partial charge in [-0.05, 0) is 48.2 Å². The third kappa shape index (κ3) is 6.22. The number of carbonyl (C=O) groups is 1. The van der Waals surface area contributed by atoms with Crippen molar-refractivity contribution < 1.29 is 34.8 Å². The van der Waals surface area contributed by atoms with Gasteiger partial charge in [-0.15, -0.1) is 0 Å². The van der Waals surface area contributed by atoms with Crippen LogP contribution in [0.15, 0.2) is 59.3 Å². The first kappa shape index (κ1) is 29.7. The Morgan fingerprint density at radius 3 is 2.42 bits per heavy atom. The summed E-state index contributed by atoms with van der Waals surface area (Å²) in [4.78, 5) is 14.2. The number of sulfonamides is 2. The van der Waals surface area contributed by atoms with Gasteiger partial charge in [-0.2, -0.15) is 22.6 Å². The number of hydrogen-bond acceptors (Lipinski definition) is 6. The zero-order chi connectivity index (χ0) is 29.5. The molecule has 1 atom stereocenters. The fraction of sp³-hybridized carbons (Fsp3) is 0.360. The van der Waals surface area contributed by atoms with E-state index < -0.39 is 37.7 Å². The predicted molar refractivity (Wildman–Crippen MR) is 142 cm³/mol. The Labute approximate surface area is 230 Å². The van der Waals surface area contributed by atoms with E-state index in [9.17, 15) is 34.8 Å². The molecule has 1 aromatic heterocycles. The van der Waals surface area contributed by atoms with Gasteiger partial charge in [0.15, 0.2) is 5.69 Å². The van der Waals surface area contributed by atoms with Gasteiger partial charge in [-0.3, -0.25) is 9.48 Å². The monoisotopic (exact) mass is 599 g/mol. The molecule has 10 nitrogen and oxygen atoms in total. The molecule has 0 saturated carbocycles. The highest BCUT2D eigenvalue weighted by atomic mass is 32.2. The van der Waals surface area contributed by atoms with E-state index in [-0.39, 0.29) is 48.1 Å². The molecule has 15 heteroatoms. The number of halogens is 3. The van der Waals surface area contributed by atoms with Crippen molar-refractivity contribution in [1.29, 1.82) is 0 Å². The van der Waals surface area contributed by atoms with Crippen molar-refractivity contribution in [1.82, 2.24) is 23.7 Å². The van der Waals surface area contributed by atoms with Gasteiger partial charge in [0.05, 0.1) is 22.5 Å². The highest BCUT2D eigenvalue weighted by Gasteiger charge is 2.34. The number of fused-ring (bicyclic) bond motifs is 1. The van der Waals surface area contributed by atoms with Gasteiger partial charge in [-0.1, -0.05) is 18.7 Å². The number of nitrogens with one attached hydrogen (secondary N) is 1. The predicted octanol–water partition coefficient (Wildman–Crippen LogP) is 2.88. The van der Waals surface area contributed by atoms with Crippen molar-refractivity contribution in [2.45, 2.75) is 24.0 Å². The van der Waals surface area contributed by atoms with Crippen LogP contribution in [0.25, 0.3) is 10.9 Å². The van der Waals surface area contributed by atoms with Crippen molar-refractivity contribution in [2.24, 2.45) is 5.92 Å². The quantitative estimate of drug-likeness (QED) is 0.404. The molecule has 2 aromatic carbocycles. The Kier molecular flexibility index (Phi) is 8.13. The SMILES string of the molecule is C=CS(=O)(=O)NC[C@H]1CCN(S(=O)(=O)c2ccc3c(c2)c(C(=O)N(C)C)nn3Cc2ccc(C(F)(F)F)cc2)C1. The number of nitrogens with zero attached hydrogens (tertiary/aromatic N) is 4. The molecular formula is C25H28F3N5O5S2. The molecule has 4 rings (SSSR count). The maximum atomic E-state index is 13.5. The van der Waals surface area contributed by atoms with Crippen LogP contribution in [0.4, 0.5) is 13.2 Å². The second-order valence-electron chi connectivity index (χ2n) is 9.66. The summed E-state index contributed by atoms with van der Waals surface area (Å²) in [6.45, 7) is 3.65. The van der Waals surface area contributed by atoms with E-state index >= 15 is 0 Å². The fourth-order valence-corrected chi connectivity index (χ4v) is 6.55. The van der Waals surface area contributed by atoms with E-state index in [0.717, 1.165) is 17.5 Å². The minimum Gasteiger partial charge on any atom is -0.343 e. The van der Waals surface area contributed by atoms with Crippen LogP contribution < -0.4 is 4.72 Å². The summed E-state index contributed by atoms with van der Waals surface area (Å²) in [6.07, 6.45) is -4.02. The number of rotatable bonds is 9. The Bertz CT molecular complexity index is 1650. The number of aromatic nitrogens is 2. The lowest BCUT2D eigenvalue weighted by atomic mass is 10.1. The lowest BCUT2D eigenvalue weighted by Gasteiger charge is -2.17. The molecule has 0 aliphatic carbocycles. The molecule has 2 heterocycles. The Morgan fingerprint density at radius 1 is 1.15 bits per heavy atom. The molecule has 0 radical (unpaired) electrons. The van der Waals surface area contributed by atoms with Crippen LogP contribution in [-0.2, 0) is 32.8 Å². The maximum absolute atomic E-state index is 13.5. The van der Waals surface area contributed by atoms with E-state index in [1.165, 1.54) is 58.3 Å². The molecule has 1 saturated heterocycles. The van der Waals surface area contributed by atoms with Gasteiger partial charge < -0.3 is 4.90 Å². The number of benzene rings is 2. The molecule has 0 spiro atoms. The Hall–Kier alpha value is -3.27. The largest absolute Gasteiger partial charge is 0.416 e. The lowest BCUT2D eigenvalue weighted by molar-refractivity contribution is -0.137. The minimum atomic E-state index is -4.47. The topological polar surface area (TPSA) is 122 Å². The Morgan fingerprint density at radius 2 is 1.82 bits per heavy atom. The molecule has 1 aliphatic heterocycles. The summed E-state index contributed by atoms with van der Waals surface area (Å²) in [5.74, 6) is -0.702. The summed E-state index contributed by atoms with van der Waals surface area (Å²) < 4.78 is 94.1. The zero-order valence-corrected chi connectivity index (χ0v) is 23.4. The molecule has 0 bridgehead atoms. The van der Waals surface area contributed by atoms with Gasteiger partial charge in [0.2, 0.25) is 20.0 Å². The molecule has 216 valence electrons. The van der Waals surface area contributed by atoms with Gasteiger partial charge in [0, 0.05) is 44.5 Å². The summed E-state index contributed by atoms with van der Waals surface area (Å²) in [5.41, 5.74) is 0.152. The third-order valence-electron chi connectivity index (χ3n) is 6.62. The van der Waals surface area contributed by atoms with Crippen molar-refractivity contribution in [3.05, 3.63) is 71.3 Å². The third-order valence-corrected chi connectivity index (χ3v) is 9.49. The number of carbonyl (C=O) groups excluding carboxylic acids is 1. The van der Waals surface area contributed by atoms with Gasteiger partial charge in [0.25, 0.3) is 5.91 Å². The van der Waals surface area contributed by atoms with Crippen LogP contribution in [0, 0.1) is 5.92 Å². The molecular weight excluding hydrogens is 571 g/mol. The van der Waals surface area contributed by atoms with E-state index in [1.807, 2.05) is 0 Å². The van der Waals surface area contributed by atoms with E-state index in [2.05, 4.69) is 16.4 Å². The van der Waals surface area contributed by atoms with E-state index in [4.69, 9.17) is 0 Å². The number of amides is 1. The van der Waals surface area contributed by atoms with Crippen molar-refractivity contribution in [3.8, 4) is 0 Å². The van der Waals surface area contributed by atoms with Gasteiger partial charge in [0.1, 0.15) is 0 Å². The van der Waals surface area contributed by atoms with Crippen LogP contribution in [0.2, 0.25) is 0 Å². The average Bonchev–Trinajstić information content (AvgIpc) is 3.52. The molecule has 1 aliphatic rings. The van der Waals surface area contributed by atoms with Crippen molar-refractivity contribution in [2.75, 3.05) is 33.7 Å². The fourth-order valence-electron chi connectivity index (χ4n) is 4.41. The average molecular weight is 600 g/mol. The first-order valence-electron chi connectivity index (χ1n) is 12.1. The highest BCUT2D eigenvalue weighted by Crippen LogP contribution is 2.31. The molecule has 0 unspecified atom stereocenters. The van der Waals surface area contributed by atoms with Crippen LogP contribution in [0.1, 0.15) is 28.0 Å². The summed E-state index contributed by atoms with van der Waals surface area (Å²) in [7, 11) is -4.58. The lowest BCUT2D eigenvalue weighted by Crippen LogP contribution is -2.32. The second-order valence-corrected chi connectivity index (χ2v) is 13.3. The van der Waals surface area contributed by atoms with Crippen molar-refractivity contribution >= 4 is 36.9 Å². The van der Waals surface area contributed by atoms with Crippen LogP contribution >= 0.6 is 0 Å². The molecule has 1 N–H and O–H groups in total. The Balaban J connectivity index is 1.64. The summed E-state index contributed by atoms with van der Waals surface area (Å²) >= 11 is 0. The van der Waals surface area contributed by atoms with Gasteiger partial charge in [-0.25, -0.2) is 21.6 Å². The molecule has 1 amide bonds. The van der Waals surface area contributed by atoms with Crippen molar-refractivity contribution in [3.63, 3.8) is 0 Å².